The maximum atomic E-state index is 9.17. The van der Waals surface area contributed by atoms with Crippen molar-refractivity contribution >= 4 is 29.0 Å². The number of benzene rings is 1. The van der Waals surface area contributed by atoms with E-state index in [1.807, 2.05) is 30.3 Å². The van der Waals surface area contributed by atoms with Gasteiger partial charge in [0.25, 0.3) is 0 Å². The van der Waals surface area contributed by atoms with Gasteiger partial charge in [-0.05, 0) is 23.6 Å². The molecule has 0 aliphatic rings. The first-order chi connectivity index (χ1) is 9.20. The van der Waals surface area contributed by atoms with Gasteiger partial charge in [0.15, 0.2) is 0 Å². The molecule has 2 rings (SSSR count). The highest BCUT2D eigenvalue weighted by Crippen LogP contribution is 2.26. The van der Waals surface area contributed by atoms with Gasteiger partial charge in [-0.3, -0.25) is 0 Å². The number of nitrogens with one attached hydrogen (secondary N) is 1. The summed E-state index contributed by atoms with van der Waals surface area (Å²) in [6, 6.07) is 9.68. The first-order valence-electron chi connectivity index (χ1n) is 5.81. The lowest BCUT2D eigenvalue weighted by Gasteiger charge is -2.19. The van der Waals surface area contributed by atoms with E-state index in [1.54, 1.807) is 0 Å². The summed E-state index contributed by atoms with van der Waals surface area (Å²) in [6.07, 6.45) is 1.99. The molecule has 100 valence electrons. The van der Waals surface area contributed by atoms with Gasteiger partial charge in [0.1, 0.15) is 10.8 Å². The molecule has 1 aromatic heterocycles. The lowest BCUT2D eigenvalue weighted by Crippen LogP contribution is -2.14. The zero-order chi connectivity index (χ0) is 13.7. The van der Waals surface area contributed by atoms with Gasteiger partial charge >= 0.3 is 0 Å². The maximum absolute atomic E-state index is 9.17. The minimum absolute atomic E-state index is 0.0585. The molecule has 1 heterocycles. The molecule has 4 nitrogen and oxygen atoms in total. The van der Waals surface area contributed by atoms with Crippen molar-refractivity contribution < 1.29 is 5.11 Å². The number of halogens is 2. The normalized spacial score (nSPS) is 12.2. The molecule has 0 fully saturated rings. The number of hydrogen-bond donors (Lipinski definition) is 2. The first kappa shape index (κ1) is 14.1. The molecule has 6 heteroatoms. The van der Waals surface area contributed by atoms with Crippen LogP contribution >= 0.6 is 23.2 Å². The fourth-order valence-electron chi connectivity index (χ4n) is 1.75. The van der Waals surface area contributed by atoms with Gasteiger partial charge < -0.3 is 10.4 Å². The zero-order valence-electron chi connectivity index (χ0n) is 10.1. The van der Waals surface area contributed by atoms with Crippen LogP contribution in [0.5, 0.6) is 0 Å². The standard InChI is InChI=1S/C13H13Cl2N3O/c14-10-8-16-13(15)18-12(10)17-11(6-7-19)9-4-2-1-3-5-9/h1-5,8,11,19H,6-7H2,(H,16,17,18). The molecule has 0 aliphatic heterocycles. The van der Waals surface area contributed by atoms with Gasteiger partial charge in [-0.1, -0.05) is 41.9 Å². The minimum atomic E-state index is -0.0883. The molecule has 2 aromatic rings. The quantitative estimate of drug-likeness (QED) is 0.831. The van der Waals surface area contributed by atoms with E-state index in [0.717, 1.165) is 5.56 Å². The van der Waals surface area contributed by atoms with E-state index in [4.69, 9.17) is 28.3 Å². The maximum Gasteiger partial charge on any atom is 0.224 e. The molecule has 0 aliphatic carbocycles. The summed E-state index contributed by atoms with van der Waals surface area (Å²) in [4.78, 5) is 7.85. The number of nitrogens with zero attached hydrogens (tertiary/aromatic N) is 2. The number of aliphatic hydroxyl groups excluding tert-OH is 1. The van der Waals surface area contributed by atoms with Crippen LogP contribution in [-0.4, -0.2) is 21.7 Å². The van der Waals surface area contributed by atoms with Gasteiger partial charge in [0.05, 0.1) is 12.2 Å². The second-order valence-corrected chi connectivity index (χ2v) is 4.70. The SMILES string of the molecule is OCCC(Nc1nc(Cl)ncc1Cl)c1ccccc1. The summed E-state index contributed by atoms with van der Waals surface area (Å²) < 4.78 is 0. The largest absolute Gasteiger partial charge is 0.396 e. The highest BCUT2D eigenvalue weighted by Gasteiger charge is 2.13. The Labute approximate surface area is 121 Å². The Kier molecular flexibility index (Phi) is 4.96. The van der Waals surface area contributed by atoms with Crippen LogP contribution in [-0.2, 0) is 0 Å². The third-order valence-corrected chi connectivity index (χ3v) is 3.10. The molecule has 1 atom stereocenters. The summed E-state index contributed by atoms with van der Waals surface area (Å²) in [5, 5.41) is 12.9. The monoisotopic (exact) mass is 297 g/mol. The Hall–Kier alpha value is -1.36. The second kappa shape index (κ2) is 6.70. The van der Waals surface area contributed by atoms with Crippen molar-refractivity contribution in [2.24, 2.45) is 0 Å². The molecule has 0 radical (unpaired) electrons. The zero-order valence-corrected chi connectivity index (χ0v) is 11.6. The van der Waals surface area contributed by atoms with Crippen molar-refractivity contribution in [1.82, 2.24) is 9.97 Å². The predicted octanol–water partition coefficient (Wildman–Crippen LogP) is 3.32. The van der Waals surface area contributed by atoms with E-state index in [-0.39, 0.29) is 17.9 Å². The summed E-state index contributed by atoms with van der Waals surface area (Å²) in [6.45, 7) is 0.0585. The third kappa shape index (κ3) is 3.80. The van der Waals surface area contributed by atoms with Crippen LogP contribution < -0.4 is 5.32 Å². The molecule has 0 amide bonds. The molecular formula is C13H13Cl2N3O. The van der Waals surface area contributed by atoms with Crippen LogP contribution in [0.25, 0.3) is 0 Å². The van der Waals surface area contributed by atoms with E-state index in [2.05, 4.69) is 15.3 Å². The number of anilines is 1. The molecule has 2 N–H and O–H groups in total. The number of aliphatic hydroxyl groups is 1. The molecule has 19 heavy (non-hydrogen) atoms. The van der Waals surface area contributed by atoms with E-state index in [1.165, 1.54) is 6.20 Å². The average Bonchev–Trinajstić information content (AvgIpc) is 2.43. The van der Waals surface area contributed by atoms with Gasteiger partial charge in [0, 0.05) is 6.61 Å². The minimum Gasteiger partial charge on any atom is -0.396 e. The van der Waals surface area contributed by atoms with Crippen molar-refractivity contribution in [3.8, 4) is 0 Å². The number of aromatic nitrogens is 2. The van der Waals surface area contributed by atoms with Gasteiger partial charge in [-0.15, -0.1) is 0 Å². The third-order valence-electron chi connectivity index (χ3n) is 2.65. The average molecular weight is 298 g/mol. The molecule has 0 saturated heterocycles. The Balaban J connectivity index is 2.24. The second-order valence-electron chi connectivity index (χ2n) is 3.96. The van der Waals surface area contributed by atoms with Gasteiger partial charge in [0.2, 0.25) is 5.28 Å². The molecule has 0 saturated carbocycles. The van der Waals surface area contributed by atoms with E-state index in [0.29, 0.717) is 17.3 Å². The lowest BCUT2D eigenvalue weighted by atomic mass is 10.0. The van der Waals surface area contributed by atoms with Crippen LogP contribution in [0, 0.1) is 0 Å². The lowest BCUT2D eigenvalue weighted by molar-refractivity contribution is 0.280. The summed E-state index contributed by atoms with van der Waals surface area (Å²) in [5.41, 5.74) is 1.04. The fourth-order valence-corrected chi connectivity index (χ4v) is 2.03. The Morgan fingerprint density at radius 3 is 2.63 bits per heavy atom. The van der Waals surface area contributed by atoms with Crippen molar-refractivity contribution in [1.29, 1.82) is 0 Å². The van der Waals surface area contributed by atoms with E-state index in [9.17, 15) is 0 Å². The molecule has 1 aromatic carbocycles. The Bertz CT molecular complexity index is 537. The predicted molar refractivity (Wildman–Crippen MR) is 76.6 cm³/mol. The first-order valence-corrected chi connectivity index (χ1v) is 6.56. The van der Waals surface area contributed by atoms with E-state index >= 15 is 0 Å². The molecule has 0 spiro atoms. The summed E-state index contributed by atoms with van der Waals surface area (Å²) >= 11 is 11.8. The van der Waals surface area contributed by atoms with Crippen molar-refractivity contribution in [3.05, 3.63) is 52.4 Å². The molecule has 0 bridgehead atoms. The highest BCUT2D eigenvalue weighted by molar-refractivity contribution is 6.33. The summed E-state index contributed by atoms with van der Waals surface area (Å²) in [5.74, 6) is 0.462. The highest BCUT2D eigenvalue weighted by atomic mass is 35.5. The summed E-state index contributed by atoms with van der Waals surface area (Å²) in [7, 11) is 0. The van der Waals surface area contributed by atoms with Crippen LogP contribution in [0.15, 0.2) is 36.5 Å². The smallest absolute Gasteiger partial charge is 0.224 e. The topological polar surface area (TPSA) is 58.0 Å². The van der Waals surface area contributed by atoms with E-state index < -0.39 is 0 Å². The van der Waals surface area contributed by atoms with Gasteiger partial charge in [-0.25, -0.2) is 4.98 Å². The van der Waals surface area contributed by atoms with Crippen LogP contribution in [0.2, 0.25) is 10.3 Å². The number of hydrogen-bond acceptors (Lipinski definition) is 4. The molecule has 1 unspecified atom stereocenters. The fraction of sp³-hybridized carbons (Fsp3) is 0.231. The van der Waals surface area contributed by atoms with Crippen LogP contribution in [0.1, 0.15) is 18.0 Å². The van der Waals surface area contributed by atoms with Crippen LogP contribution in [0.3, 0.4) is 0 Å². The van der Waals surface area contributed by atoms with Crippen LogP contribution in [0.4, 0.5) is 5.82 Å². The van der Waals surface area contributed by atoms with Crippen molar-refractivity contribution in [3.63, 3.8) is 0 Å². The van der Waals surface area contributed by atoms with Crippen molar-refractivity contribution in [2.45, 2.75) is 12.5 Å². The Morgan fingerprint density at radius 1 is 1.21 bits per heavy atom. The molecular weight excluding hydrogens is 285 g/mol. The Morgan fingerprint density at radius 2 is 1.95 bits per heavy atom. The number of rotatable bonds is 5. The van der Waals surface area contributed by atoms with Gasteiger partial charge in [-0.2, -0.15) is 4.98 Å². The van der Waals surface area contributed by atoms with Crippen molar-refractivity contribution in [2.75, 3.05) is 11.9 Å².